The van der Waals surface area contributed by atoms with Crippen molar-refractivity contribution in [3.05, 3.63) is 16.6 Å². The van der Waals surface area contributed by atoms with E-state index in [1.165, 1.54) is 30.7 Å². The second-order valence-electron chi connectivity index (χ2n) is 4.34. The Morgan fingerprint density at radius 3 is 2.93 bits per heavy atom. The molecule has 1 aliphatic carbocycles. The Bertz CT molecular complexity index is 279. The van der Waals surface area contributed by atoms with Gasteiger partial charge in [-0.1, -0.05) is 13.3 Å². The molecule has 3 heteroatoms. The van der Waals surface area contributed by atoms with Crippen molar-refractivity contribution in [1.82, 2.24) is 10.3 Å². The predicted molar refractivity (Wildman–Crippen MR) is 60.5 cm³/mol. The minimum absolute atomic E-state index is 0.115. The molecule has 0 amide bonds. The van der Waals surface area contributed by atoms with E-state index in [1.807, 2.05) is 6.20 Å². The van der Waals surface area contributed by atoms with Gasteiger partial charge in [0, 0.05) is 17.6 Å². The summed E-state index contributed by atoms with van der Waals surface area (Å²) < 4.78 is 0. The Hall–Kier alpha value is -0.410. The summed E-state index contributed by atoms with van der Waals surface area (Å²) in [4.78, 5) is 4.44. The first-order valence-electron chi connectivity index (χ1n) is 5.42. The summed E-state index contributed by atoms with van der Waals surface area (Å²) in [5.41, 5.74) is 0.115. The largest absolute Gasteiger partial charge is 0.303 e. The fourth-order valence-electron chi connectivity index (χ4n) is 1.91. The van der Waals surface area contributed by atoms with Crippen LogP contribution >= 0.6 is 11.3 Å². The summed E-state index contributed by atoms with van der Waals surface area (Å²) in [6.45, 7) is 4.52. The second-order valence-corrected chi connectivity index (χ2v) is 5.23. The lowest BCUT2D eigenvalue weighted by Gasteiger charge is -2.28. The maximum atomic E-state index is 4.44. The Morgan fingerprint density at radius 1 is 1.64 bits per heavy atom. The molecule has 1 aromatic rings. The van der Waals surface area contributed by atoms with Gasteiger partial charge in [-0.2, -0.15) is 0 Å². The molecule has 78 valence electrons. The van der Waals surface area contributed by atoms with E-state index in [-0.39, 0.29) is 5.54 Å². The van der Waals surface area contributed by atoms with Gasteiger partial charge in [0.1, 0.15) is 5.01 Å². The second kappa shape index (κ2) is 3.99. The van der Waals surface area contributed by atoms with Crippen LogP contribution in [0.1, 0.15) is 44.5 Å². The van der Waals surface area contributed by atoms with Crippen LogP contribution in [0.15, 0.2) is 11.6 Å². The molecular formula is C11H18N2S. The third-order valence-electron chi connectivity index (χ3n) is 2.75. The highest BCUT2D eigenvalue weighted by Gasteiger charge is 2.34. The normalized spacial score (nSPS) is 20.7. The molecule has 1 atom stereocenters. The third kappa shape index (κ3) is 2.15. The van der Waals surface area contributed by atoms with Crippen LogP contribution in [0.3, 0.4) is 0 Å². The van der Waals surface area contributed by atoms with Crippen LogP contribution in [0.25, 0.3) is 0 Å². The lowest BCUT2D eigenvalue weighted by molar-refractivity contribution is 0.331. The van der Waals surface area contributed by atoms with Crippen molar-refractivity contribution in [2.24, 2.45) is 0 Å². The van der Waals surface area contributed by atoms with Gasteiger partial charge in [0.2, 0.25) is 0 Å². The molecule has 14 heavy (non-hydrogen) atoms. The smallest absolute Gasteiger partial charge is 0.112 e. The van der Waals surface area contributed by atoms with E-state index in [0.29, 0.717) is 0 Å². The van der Waals surface area contributed by atoms with Crippen LogP contribution in [-0.4, -0.2) is 11.0 Å². The first-order valence-corrected chi connectivity index (χ1v) is 6.30. The molecule has 0 aromatic carbocycles. The van der Waals surface area contributed by atoms with Crippen LogP contribution in [0, 0.1) is 0 Å². The fourth-order valence-corrected chi connectivity index (χ4v) is 2.71. The summed E-state index contributed by atoms with van der Waals surface area (Å²) in [6.07, 6.45) is 6.96. The fraction of sp³-hybridized carbons (Fsp3) is 0.727. The molecule has 1 saturated carbocycles. The maximum absolute atomic E-state index is 4.44. The summed E-state index contributed by atoms with van der Waals surface area (Å²) in [5.74, 6) is 0. The minimum Gasteiger partial charge on any atom is -0.303 e. The average molecular weight is 210 g/mol. The van der Waals surface area contributed by atoms with Gasteiger partial charge in [0.05, 0.1) is 5.54 Å². The Labute approximate surface area is 89.8 Å². The van der Waals surface area contributed by atoms with Gasteiger partial charge < -0.3 is 5.32 Å². The van der Waals surface area contributed by atoms with Gasteiger partial charge in [-0.05, 0) is 26.2 Å². The van der Waals surface area contributed by atoms with Gasteiger partial charge >= 0.3 is 0 Å². The van der Waals surface area contributed by atoms with Gasteiger partial charge in [-0.3, -0.25) is 0 Å². The number of rotatable bonds is 5. The number of hydrogen-bond donors (Lipinski definition) is 1. The summed E-state index contributed by atoms with van der Waals surface area (Å²) in [5, 5.41) is 7.03. The van der Waals surface area contributed by atoms with E-state index in [0.717, 1.165) is 6.04 Å². The Balaban J connectivity index is 2.11. The topological polar surface area (TPSA) is 24.9 Å². The van der Waals surface area contributed by atoms with Crippen LogP contribution in [0.5, 0.6) is 0 Å². The average Bonchev–Trinajstić information content (AvgIpc) is 2.80. The van der Waals surface area contributed by atoms with Crippen molar-refractivity contribution < 1.29 is 0 Å². The van der Waals surface area contributed by atoms with Gasteiger partial charge in [0.25, 0.3) is 0 Å². The van der Waals surface area contributed by atoms with E-state index in [9.17, 15) is 0 Å². The number of thiazole rings is 1. The van der Waals surface area contributed by atoms with Crippen LogP contribution in [0.2, 0.25) is 0 Å². The van der Waals surface area contributed by atoms with Crippen molar-refractivity contribution in [3.63, 3.8) is 0 Å². The molecule has 2 rings (SSSR count). The van der Waals surface area contributed by atoms with Crippen molar-refractivity contribution in [2.75, 3.05) is 0 Å². The first-order chi connectivity index (χ1) is 6.74. The molecule has 0 aliphatic heterocycles. The SMILES string of the molecule is CCCC(C)(NC1CC1)c1nccs1. The molecule has 0 saturated heterocycles. The highest BCUT2D eigenvalue weighted by atomic mass is 32.1. The molecule has 2 nitrogen and oxygen atoms in total. The molecular weight excluding hydrogens is 192 g/mol. The monoisotopic (exact) mass is 210 g/mol. The molecule has 1 aliphatic rings. The Morgan fingerprint density at radius 2 is 2.43 bits per heavy atom. The van der Waals surface area contributed by atoms with Crippen molar-refractivity contribution in [1.29, 1.82) is 0 Å². The zero-order valence-electron chi connectivity index (χ0n) is 8.92. The van der Waals surface area contributed by atoms with E-state index in [1.54, 1.807) is 11.3 Å². The molecule has 1 fully saturated rings. The predicted octanol–water partition coefficient (Wildman–Crippen LogP) is 2.91. The van der Waals surface area contributed by atoms with Gasteiger partial charge in [-0.25, -0.2) is 4.98 Å². The lowest BCUT2D eigenvalue weighted by atomic mass is 9.97. The number of hydrogen-bond acceptors (Lipinski definition) is 3. The molecule has 1 aromatic heterocycles. The van der Waals surface area contributed by atoms with E-state index in [4.69, 9.17) is 0 Å². The standard InChI is InChI=1S/C11H18N2S/c1-3-6-11(2,13-9-4-5-9)10-12-7-8-14-10/h7-9,13H,3-6H2,1-2H3. The van der Waals surface area contributed by atoms with Crippen molar-refractivity contribution in [2.45, 2.75) is 51.1 Å². The molecule has 0 bridgehead atoms. The van der Waals surface area contributed by atoms with E-state index >= 15 is 0 Å². The van der Waals surface area contributed by atoms with Crippen LogP contribution < -0.4 is 5.32 Å². The van der Waals surface area contributed by atoms with Crippen molar-refractivity contribution >= 4 is 11.3 Å². The summed E-state index contributed by atoms with van der Waals surface area (Å²) in [6, 6.07) is 0.746. The van der Waals surface area contributed by atoms with Gasteiger partial charge in [0.15, 0.2) is 0 Å². The number of nitrogens with one attached hydrogen (secondary N) is 1. The molecule has 0 spiro atoms. The maximum Gasteiger partial charge on any atom is 0.112 e. The van der Waals surface area contributed by atoms with Crippen molar-refractivity contribution in [3.8, 4) is 0 Å². The van der Waals surface area contributed by atoms with E-state index in [2.05, 4.69) is 29.5 Å². The third-order valence-corrected chi connectivity index (χ3v) is 3.79. The summed E-state index contributed by atoms with van der Waals surface area (Å²) in [7, 11) is 0. The zero-order valence-corrected chi connectivity index (χ0v) is 9.73. The molecule has 1 N–H and O–H groups in total. The van der Waals surface area contributed by atoms with Crippen LogP contribution in [-0.2, 0) is 5.54 Å². The highest BCUT2D eigenvalue weighted by Crippen LogP contribution is 2.32. The summed E-state index contributed by atoms with van der Waals surface area (Å²) >= 11 is 1.77. The van der Waals surface area contributed by atoms with Gasteiger partial charge in [-0.15, -0.1) is 11.3 Å². The van der Waals surface area contributed by atoms with Crippen LogP contribution in [0.4, 0.5) is 0 Å². The minimum atomic E-state index is 0.115. The first kappa shape index (κ1) is 10.1. The van der Waals surface area contributed by atoms with E-state index < -0.39 is 0 Å². The molecule has 1 heterocycles. The lowest BCUT2D eigenvalue weighted by Crippen LogP contribution is -2.40. The zero-order chi connectivity index (χ0) is 10.0. The highest BCUT2D eigenvalue weighted by molar-refractivity contribution is 7.09. The Kier molecular flexibility index (Phi) is 2.88. The quantitative estimate of drug-likeness (QED) is 0.808. The molecule has 0 radical (unpaired) electrons. The number of nitrogens with zero attached hydrogens (tertiary/aromatic N) is 1. The molecule has 1 unspecified atom stereocenters. The number of aromatic nitrogens is 1.